The number of rotatable bonds is 2. The first-order valence-electron chi connectivity index (χ1n) is 8.25. The van der Waals surface area contributed by atoms with E-state index in [0.717, 1.165) is 11.3 Å². The van der Waals surface area contributed by atoms with Crippen molar-refractivity contribution in [3.8, 4) is 11.5 Å². The van der Waals surface area contributed by atoms with E-state index in [1.54, 1.807) is 18.2 Å². The van der Waals surface area contributed by atoms with Gasteiger partial charge in [0.1, 0.15) is 5.75 Å². The molecule has 0 atom stereocenters. The third kappa shape index (κ3) is 2.97. The molecule has 8 heteroatoms. The lowest BCUT2D eigenvalue weighted by Crippen LogP contribution is -2.19. The van der Waals surface area contributed by atoms with Crippen molar-refractivity contribution in [3.63, 3.8) is 0 Å². The van der Waals surface area contributed by atoms with E-state index in [-0.39, 0.29) is 11.3 Å². The Balaban J connectivity index is 1.95. The van der Waals surface area contributed by atoms with Crippen molar-refractivity contribution in [1.82, 2.24) is 4.98 Å². The molecule has 27 heavy (non-hydrogen) atoms. The molecule has 0 saturated heterocycles. The van der Waals surface area contributed by atoms with E-state index in [1.165, 1.54) is 18.2 Å². The number of alkyl halides is 3. The van der Waals surface area contributed by atoms with Gasteiger partial charge in [-0.25, -0.2) is 0 Å². The molecule has 1 aromatic heterocycles. The first-order valence-corrected chi connectivity index (χ1v) is 8.25. The average Bonchev–Trinajstić information content (AvgIpc) is 3.00. The number of H-pyrrole nitrogens is 1. The van der Waals surface area contributed by atoms with E-state index in [9.17, 15) is 23.1 Å². The van der Waals surface area contributed by atoms with Crippen LogP contribution in [0.4, 0.5) is 24.5 Å². The number of phenolic OH excluding ortho intramolecular Hbond substituents is 1. The van der Waals surface area contributed by atoms with E-state index in [2.05, 4.69) is 9.72 Å². The predicted molar refractivity (Wildman–Crippen MR) is 94.8 cm³/mol. The summed E-state index contributed by atoms with van der Waals surface area (Å²) in [7, 11) is 0. The van der Waals surface area contributed by atoms with Crippen molar-refractivity contribution < 1.29 is 23.0 Å². The second-order valence-corrected chi connectivity index (χ2v) is 6.38. The van der Waals surface area contributed by atoms with Crippen LogP contribution in [0.1, 0.15) is 11.1 Å². The van der Waals surface area contributed by atoms with Gasteiger partial charge in [-0.15, -0.1) is 13.2 Å². The Labute approximate surface area is 151 Å². The molecule has 0 saturated carbocycles. The number of anilines is 2. The highest BCUT2D eigenvalue weighted by Crippen LogP contribution is 2.42. The average molecular weight is 376 g/mol. The minimum absolute atomic E-state index is 0.00177. The van der Waals surface area contributed by atoms with Gasteiger partial charge in [-0.05, 0) is 43.2 Å². The van der Waals surface area contributed by atoms with E-state index < -0.39 is 17.7 Å². The summed E-state index contributed by atoms with van der Waals surface area (Å²) in [6.45, 7) is 2.33. The van der Waals surface area contributed by atoms with Crippen LogP contribution in [0.3, 0.4) is 0 Å². The van der Waals surface area contributed by atoms with Crippen LogP contribution in [0.2, 0.25) is 0 Å². The second kappa shape index (κ2) is 5.94. The second-order valence-electron chi connectivity index (χ2n) is 6.38. The number of nitrogens with zero attached hydrogens (tertiary/aromatic N) is 1. The number of benzene rings is 2. The standard InChI is InChI=1S/C19H15F3N2O3/c1-10-9-11(25)5-6-14(10)24-8-7-13-17(24)12-3-2-4-15(27-19(20,21)22)16(12)23-18(13)26/h2-6,9,25H,7-8H2,1H3,(H,23,26). The number of aromatic hydroxyl groups is 1. The van der Waals surface area contributed by atoms with E-state index in [4.69, 9.17) is 0 Å². The van der Waals surface area contributed by atoms with Gasteiger partial charge in [0.05, 0.1) is 11.2 Å². The Hall–Kier alpha value is -3.16. The van der Waals surface area contributed by atoms with Crippen molar-refractivity contribution >= 4 is 22.3 Å². The molecule has 0 fully saturated rings. The van der Waals surface area contributed by atoms with Crippen LogP contribution >= 0.6 is 0 Å². The van der Waals surface area contributed by atoms with E-state index in [1.807, 2.05) is 11.8 Å². The molecule has 5 nitrogen and oxygen atoms in total. The van der Waals surface area contributed by atoms with Gasteiger partial charge in [-0.3, -0.25) is 4.79 Å². The number of aromatic amines is 1. The molecule has 0 spiro atoms. The Morgan fingerprint density at radius 3 is 2.70 bits per heavy atom. The summed E-state index contributed by atoms with van der Waals surface area (Å²) in [4.78, 5) is 16.9. The van der Waals surface area contributed by atoms with Gasteiger partial charge in [0.15, 0.2) is 5.75 Å². The zero-order valence-electron chi connectivity index (χ0n) is 14.2. The van der Waals surface area contributed by atoms with Crippen molar-refractivity contribution in [3.05, 3.63) is 57.9 Å². The maximum Gasteiger partial charge on any atom is 0.573 e. The lowest BCUT2D eigenvalue weighted by atomic mass is 10.1. The number of aryl methyl sites for hydroxylation is 1. The van der Waals surface area contributed by atoms with Crippen molar-refractivity contribution in [2.24, 2.45) is 0 Å². The molecule has 3 aromatic rings. The number of halogens is 3. The molecule has 2 heterocycles. The molecule has 0 amide bonds. The van der Waals surface area contributed by atoms with Crippen LogP contribution in [0.15, 0.2) is 41.2 Å². The fraction of sp³-hybridized carbons (Fsp3) is 0.211. The Morgan fingerprint density at radius 1 is 1.22 bits per heavy atom. The first-order chi connectivity index (χ1) is 12.7. The highest BCUT2D eigenvalue weighted by atomic mass is 19.4. The number of hydrogen-bond acceptors (Lipinski definition) is 4. The number of pyridine rings is 1. The SMILES string of the molecule is Cc1cc(O)ccc1N1CCc2c1c1cccc(OC(F)(F)F)c1[nH]c2=O. The first kappa shape index (κ1) is 17.3. The third-order valence-electron chi connectivity index (χ3n) is 4.63. The lowest BCUT2D eigenvalue weighted by molar-refractivity contribution is -0.274. The topological polar surface area (TPSA) is 65.6 Å². The Morgan fingerprint density at radius 2 is 2.00 bits per heavy atom. The summed E-state index contributed by atoms with van der Waals surface area (Å²) in [6, 6.07) is 9.14. The Kier molecular flexibility index (Phi) is 3.80. The van der Waals surface area contributed by atoms with Gasteiger partial charge in [-0.1, -0.05) is 12.1 Å². The zero-order chi connectivity index (χ0) is 19.3. The molecule has 1 aliphatic heterocycles. The quantitative estimate of drug-likeness (QED) is 0.706. The molecule has 0 bridgehead atoms. The largest absolute Gasteiger partial charge is 0.573 e. The normalized spacial score (nSPS) is 13.9. The smallest absolute Gasteiger partial charge is 0.508 e. The molecule has 0 aliphatic carbocycles. The van der Waals surface area contributed by atoms with Crippen molar-refractivity contribution in [2.75, 3.05) is 11.4 Å². The lowest BCUT2D eigenvalue weighted by Gasteiger charge is -2.23. The van der Waals surface area contributed by atoms with Crippen LogP contribution in [-0.4, -0.2) is 23.0 Å². The third-order valence-corrected chi connectivity index (χ3v) is 4.63. The van der Waals surface area contributed by atoms with Crippen LogP contribution in [0, 0.1) is 6.92 Å². The zero-order valence-corrected chi connectivity index (χ0v) is 14.2. The van der Waals surface area contributed by atoms with Gasteiger partial charge < -0.3 is 19.7 Å². The molecule has 1 aliphatic rings. The summed E-state index contributed by atoms with van der Waals surface area (Å²) < 4.78 is 42.3. The number of aromatic nitrogens is 1. The van der Waals surface area contributed by atoms with Gasteiger partial charge in [-0.2, -0.15) is 0 Å². The summed E-state index contributed by atoms with van der Waals surface area (Å²) in [5, 5.41) is 10.1. The van der Waals surface area contributed by atoms with Crippen LogP contribution < -0.4 is 15.2 Å². The number of nitrogens with one attached hydrogen (secondary N) is 1. The number of ether oxygens (including phenoxy) is 1. The van der Waals surface area contributed by atoms with Gasteiger partial charge in [0.25, 0.3) is 5.56 Å². The molecule has 2 aromatic carbocycles. The molecule has 140 valence electrons. The van der Waals surface area contributed by atoms with E-state index in [0.29, 0.717) is 29.6 Å². The molecular weight excluding hydrogens is 361 g/mol. The molecule has 2 N–H and O–H groups in total. The van der Waals surface area contributed by atoms with Crippen LogP contribution in [0.25, 0.3) is 10.9 Å². The summed E-state index contributed by atoms with van der Waals surface area (Å²) in [6.07, 6.45) is -4.40. The predicted octanol–water partition coefficient (Wildman–Crippen LogP) is 4.13. The number of para-hydroxylation sites is 1. The maximum absolute atomic E-state index is 12.7. The highest BCUT2D eigenvalue weighted by Gasteiger charge is 2.33. The van der Waals surface area contributed by atoms with Crippen LogP contribution in [-0.2, 0) is 6.42 Å². The number of fused-ring (bicyclic) bond motifs is 3. The molecule has 4 rings (SSSR count). The maximum atomic E-state index is 12.7. The number of phenols is 1. The molecule has 0 unspecified atom stereocenters. The monoisotopic (exact) mass is 376 g/mol. The van der Waals surface area contributed by atoms with Gasteiger partial charge in [0, 0.05) is 23.2 Å². The summed E-state index contributed by atoms with van der Waals surface area (Å²) in [5.74, 6) is -0.332. The fourth-order valence-corrected chi connectivity index (χ4v) is 3.59. The Bertz CT molecular complexity index is 1110. The summed E-state index contributed by atoms with van der Waals surface area (Å²) in [5.41, 5.74) is 2.21. The molecular formula is C19H15F3N2O3. The van der Waals surface area contributed by atoms with E-state index >= 15 is 0 Å². The van der Waals surface area contributed by atoms with Gasteiger partial charge >= 0.3 is 6.36 Å². The highest BCUT2D eigenvalue weighted by molar-refractivity contribution is 5.99. The van der Waals surface area contributed by atoms with Crippen molar-refractivity contribution in [2.45, 2.75) is 19.7 Å². The minimum atomic E-state index is -4.86. The fourth-order valence-electron chi connectivity index (χ4n) is 3.59. The molecule has 0 radical (unpaired) electrons. The van der Waals surface area contributed by atoms with Crippen molar-refractivity contribution in [1.29, 1.82) is 0 Å². The van der Waals surface area contributed by atoms with Gasteiger partial charge in [0.2, 0.25) is 0 Å². The number of hydrogen-bond donors (Lipinski definition) is 2. The van der Waals surface area contributed by atoms with Crippen LogP contribution in [0.5, 0.6) is 11.5 Å². The summed E-state index contributed by atoms with van der Waals surface area (Å²) >= 11 is 0. The minimum Gasteiger partial charge on any atom is -0.508 e.